The highest BCUT2D eigenvalue weighted by molar-refractivity contribution is 6.05. The van der Waals surface area contributed by atoms with Crippen LogP contribution in [0.2, 0.25) is 0 Å². The van der Waals surface area contributed by atoms with E-state index in [1.807, 2.05) is 4.90 Å². The SMILES string of the molecule is CC1(O)CC(n2c(CO)nc3cc(OCCN4CCC5(CC4)C(=O)Nc4ccc(C(F)F)nc45)cc(C(F)(F)F)c32)C1. The van der Waals surface area contributed by atoms with Crippen LogP contribution in [0.4, 0.5) is 27.6 Å². The minimum Gasteiger partial charge on any atom is -0.492 e. The molecule has 3 aromatic rings. The summed E-state index contributed by atoms with van der Waals surface area (Å²) in [6, 6.07) is 4.56. The molecule has 1 saturated heterocycles. The number of ether oxygens (including phenoxy) is 1. The number of benzene rings is 1. The van der Waals surface area contributed by atoms with Gasteiger partial charge in [0.15, 0.2) is 0 Å². The second-order valence-electron chi connectivity index (χ2n) is 11.6. The number of carbonyl (C=O) groups excluding carboxylic acids is 1. The van der Waals surface area contributed by atoms with Crippen molar-refractivity contribution in [2.24, 2.45) is 0 Å². The number of likely N-dealkylation sites (tertiary alicyclic amines) is 1. The van der Waals surface area contributed by atoms with Crippen molar-refractivity contribution in [1.82, 2.24) is 19.4 Å². The minimum absolute atomic E-state index is 0.0223. The first-order chi connectivity index (χ1) is 19.8. The Hall–Kier alpha value is -3.36. The Balaban J connectivity index is 1.15. The number of alkyl halides is 5. The Morgan fingerprint density at radius 2 is 1.88 bits per heavy atom. The molecule has 1 aromatic carbocycles. The molecule has 6 rings (SSSR count). The lowest BCUT2D eigenvalue weighted by Gasteiger charge is -2.42. The molecule has 2 fully saturated rings. The molecule has 1 aliphatic carbocycles. The van der Waals surface area contributed by atoms with Crippen LogP contribution in [-0.2, 0) is 23.0 Å². The van der Waals surface area contributed by atoms with E-state index in [1.165, 1.54) is 22.8 Å². The summed E-state index contributed by atoms with van der Waals surface area (Å²) in [4.78, 5) is 23.2. The number of hydrogen-bond donors (Lipinski definition) is 3. The number of amides is 1. The molecular formula is C28H30F5N5O4. The monoisotopic (exact) mass is 595 g/mol. The second kappa shape index (κ2) is 10.1. The maximum Gasteiger partial charge on any atom is 0.418 e. The Morgan fingerprint density at radius 1 is 1.17 bits per heavy atom. The van der Waals surface area contributed by atoms with Crippen molar-refractivity contribution < 1.29 is 41.7 Å². The third kappa shape index (κ3) is 4.88. The molecule has 4 heterocycles. The van der Waals surface area contributed by atoms with Gasteiger partial charge in [-0.25, -0.2) is 18.7 Å². The predicted molar refractivity (Wildman–Crippen MR) is 140 cm³/mol. The van der Waals surface area contributed by atoms with Crippen LogP contribution in [0.1, 0.15) is 67.9 Å². The number of anilines is 1. The van der Waals surface area contributed by atoms with E-state index < -0.39 is 41.8 Å². The van der Waals surface area contributed by atoms with Gasteiger partial charge in [0.05, 0.1) is 39.0 Å². The number of aliphatic hydroxyl groups is 2. The average molecular weight is 596 g/mol. The zero-order valence-electron chi connectivity index (χ0n) is 22.7. The lowest BCUT2D eigenvalue weighted by Crippen LogP contribution is -2.47. The molecular weight excluding hydrogens is 565 g/mol. The fourth-order valence-corrected chi connectivity index (χ4v) is 6.52. The van der Waals surface area contributed by atoms with Crippen molar-refractivity contribution in [2.45, 2.75) is 68.9 Å². The Morgan fingerprint density at radius 3 is 2.50 bits per heavy atom. The van der Waals surface area contributed by atoms with Crippen LogP contribution < -0.4 is 10.1 Å². The van der Waals surface area contributed by atoms with Gasteiger partial charge in [-0.2, -0.15) is 13.2 Å². The van der Waals surface area contributed by atoms with E-state index in [0.717, 1.165) is 6.07 Å². The number of fused-ring (bicyclic) bond motifs is 3. The minimum atomic E-state index is -4.72. The van der Waals surface area contributed by atoms with Gasteiger partial charge < -0.3 is 24.8 Å². The molecule has 0 bridgehead atoms. The predicted octanol–water partition coefficient (Wildman–Crippen LogP) is 4.33. The number of nitrogens with one attached hydrogen (secondary N) is 1. The van der Waals surface area contributed by atoms with Gasteiger partial charge in [-0.3, -0.25) is 9.69 Å². The molecule has 226 valence electrons. The first kappa shape index (κ1) is 28.7. The van der Waals surface area contributed by atoms with Crippen LogP contribution in [0.3, 0.4) is 0 Å². The summed E-state index contributed by atoms with van der Waals surface area (Å²) in [6.07, 6.45) is -6.28. The summed E-state index contributed by atoms with van der Waals surface area (Å²) >= 11 is 0. The van der Waals surface area contributed by atoms with Gasteiger partial charge in [0.1, 0.15) is 30.5 Å². The molecule has 0 unspecified atom stereocenters. The summed E-state index contributed by atoms with van der Waals surface area (Å²) in [7, 11) is 0. The molecule has 3 aliphatic rings. The van der Waals surface area contributed by atoms with Crippen LogP contribution >= 0.6 is 0 Å². The molecule has 1 spiro atoms. The largest absolute Gasteiger partial charge is 0.492 e. The second-order valence-corrected chi connectivity index (χ2v) is 11.6. The van der Waals surface area contributed by atoms with Crippen LogP contribution in [0.5, 0.6) is 5.75 Å². The maximum atomic E-state index is 14.2. The number of aromatic nitrogens is 3. The van der Waals surface area contributed by atoms with Gasteiger partial charge in [0.25, 0.3) is 6.43 Å². The van der Waals surface area contributed by atoms with Crippen molar-refractivity contribution in [3.05, 3.63) is 47.0 Å². The summed E-state index contributed by atoms with van der Waals surface area (Å²) < 4.78 is 76.2. The van der Waals surface area contributed by atoms with E-state index in [4.69, 9.17) is 4.74 Å². The average Bonchev–Trinajstić information content (AvgIpc) is 3.41. The van der Waals surface area contributed by atoms with Gasteiger partial charge in [-0.1, -0.05) is 0 Å². The zero-order valence-corrected chi connectivity index (χ0v) is 22.7. The number of halogens is 5. The van der Waals surface area contributed by atoms with E-state index in [2.05, 4.69) is 15.3 Å². The topological polar surface area (TPSA) is 113 Å². The Labute approximate surface area is 237 Å². The molecule has 3 N–H and O–H groups in total. The molecule has 2 aromatic heterocycles. The molecule has 0 radical (unpaired) electrons. The Bertz CT molecular complexity index is 1520. The van der Waals surface area contributed by atoms with Crippen LogP contribution in [-0.4, -0.2) is 67.4 Å². The summed E-state index contributed by atoms with van der Waals surface area (Å²) in [6.45, 7) is 2.37. The smallest absolute Gasteiger partial charge is 0.418 e. The van der Waals surface area contributed by atoms with E-state index in [-0.39, 0.29) is 53.7 Å². The fraction of sp³-hybridized carbons (Fsp3) is 0.536. The van der Waals surface area contributed by atoms with Crippen molar-refractivity contribution in [2.75, 3.05) is 31.6 Å². The number of pyridine rings is 1. The van der Waals surface area contributed by atoms with Gasteiger partial charge in [0.2, 0.25) is 5.91 Å². The number of hydrogen-bond acceptors (Lipinski definition) is 7. The van der Waals surface area contributed by atoms with Gasteiger partial charge >= 0.3 is 6.18 Å². The highest BCUT2D eigenvalue weighted by Crippen LogP contribution is 2.47. The van der Waals surface area contributed by atoms with Crippen molar-refractivity contribution in [3.63, 3.8) is 0 Å². The molecule has 42 heavy (non-hydrogen) atoms. The number of rotatable bonds is 7. The number of aliphatic hydroxyl groups excluding tert-OH is 1. The van der Waals surface area contributed by atoms with E-state index in [9.17, 15) is 37.0 Å². The van der Waals surface area contributed by atoms with E-state index in [1.54, 1.807) is 6.92 Å². The Kier molecular flexibility index (Phi) is 6.93. The first-order valence-electron chi connectivity index (χ1n) is 13.7. The molecule has 1 saturated carbocycles. The van der Waals surface area contributed by atoms with Gasteiger partial charge in [-0.05, 0) is 63.9 Å². The van der Waals surface area contributed by atoms with Crippen LogP contribution in [0.25, 0.3) is 11.0 Å². The number of nitrogens with zero attached hydrogens (tertiary/aromatic N) is 4. The summed E-state index contributed by atoms with van der Waals surface area (Å²) in [5.41, 5.74) is -2.65. The highest BCUT2D eigenvalue weighted by atomic mass is 19.4. The normalized spacial score (nSPS) is 23.8. The number of carbonyl (C=O) groups is 1. The highest BCUT2D eigenvalue weighted by Gasteiger charge is 2.50. The summed E-state index contributed by atoms with van der Waals surface area (Å²) in [5.74, 6) is -0.207. The molecule has 2 aliphatic heterocycles. The third-order valence-electron chi connectivity index (χ3n) is 8.66. The van der Waals surface area contributed by atoms with E-state index >= 15 is 0 Å². The number of piperidine rings is 1. The van der Waals surface area contributed by atoms with Crippen LogP contribution in [0.15, 0.2) is 24.3 Å². The zero-order chi connectivity index (χ0) is 30.0. The standard InChI is InChI=1S/C28H30F5N5O4/c1-26(41)12-15(13-26)38-21(14-39)34-20-11-16(10-17(22(20)38)28(31,32)33)42-9-8-37-6-4-27(5-7-37)23-18(36-25(27)40)2-3-19(35-23)24(29)30/h2-3,10-11,15,24,39,41H,4-9,12-14H2,1H3,(H,36,40). The molecule has 1 amide bonds. The quantitative estimate of drug-likeness (QED) is 0.349. The van der Waals surface area contributed by atoms with Crippen LogP contribution in [0, 0.1) is 0 Å². The lowest BCUT2D eigenvalue weighted by atomic mass is 9.76. The maximum absolute atomic E-state index is 14.2. The number of imidazole rings is 1. The summed E-state index contributed by atoms with van der Waals surface area (Å²) in [5, 5.41) is 22.7. The van der Waals surface area contributed by atoms with Gasteiger partial charge in [-0.15, -0.1) is 0 Å². The van der Waals surface area contributed by atoms with Crippen molar-refractivity contribution in [3.8, 4) is 5.75 Å². The first-order valence-corrected chi connectivity index (χ1v) is 13.7. The van der Waals surface area contributed by atoms with E-state index in [0.29, 0.717) is 43.9 Å². The van der Waals surface area contributed by atoms with Crippen molar-refractivity contribution >= 4 is 22.6 Å². The molecule has 9 nitrogen and oxygen atoms in total. The van der Waals surface area contributed by atoms with Gasteiger partial charge in [0, 0.05) is 18.7 Å². The molecule has 14 heteroatoms. The fourth-order valence-electron chi connectivity index (χ4n) is 6.52. The van der Waals surface area contributed by atoms with Crippen molar-refractivity contribution in [1.29, 1.82) is 0 Å². The third-order valence-corrected chi connectivity index (χ3v) is 8.66. The molecule has 0 atom stereocenters. The lowest BCUT2D eigenvalue weighted by molar-refractivity contribution is -0.136.